The van der Waals surface area contributed by atoms with Crippen LogP contribution in [0, 0.1) is 0 Å². The number of halogens is 3. The van der Waals surface area contributed by atoms with Crippen LogP contribution < -0.4 is 4.13 Å². The van der Waals surface area contributed by atoms with Crippen LogP contribution in [-0.2, 0) is 10.0 Å². The van der Waals surface area contributed by atoms with Gasteiger partial charge in [-0.15, -0.1) is 10.7 Å². The molecule has 0 heterocycles. The fraction of sp³-hybridized carbons (Fsp3) is 0.833. The van der Waals surface area contributed by atoms with Gasteiger partial charge in [-0.25, -0.2) is 8.42 Å². The Labute approximate surface area is 83.8 Å². The van der Waals surface area contributed by atoms with Gasteiger partial charge in [0.15, 0.2) is 0 Å². The van der Waals surface area contributed by atoms with Crippen LogP contribution in [0.4, 0.5) is 13.2 Å². The standard InChI is InChI=1S/C6H12F3NO2S2/c1-3-4-5-13(2)10-14(11,12)6(7,8)9/h5,10H,3-4H2,1-2H3. The van der Waals surface area contributed by atoms with Crippen LogP contribution in [-0.4, -0.2) is 25.5 Å². The summed E-state index contributed by atoms with van der Waals surface area (Å²) < 4.78 is 58.3. The van der Waals surface area contributed by atoms with E-state index < -0.39 is 26.2 Å². The number of alkyl halides is 3. The van der Waals surface area contributed by atoms with E-state index in [-0.39, 0.29) is 0 Å². The summed E-state index contributed by atoms with van der Waals surface area (Å²) in [5, 5.41) is 1.52. The highest BCUT2D eigenvalue weighted by molar-refractivity contribution is 8.19. The number of hydrogen-bond donors (Lipinski definition) is 1. The minimum Gasteiger partial charge on any atom is -0.202 e. The summed E-state index contributed by atoms with van der Waals surface area (Å²) in [5.41, 5.74) is -5.23. The summed E-state index contributed by atoms with van der Waals surface area (Å²) in [7, 11) is -6.27. The van der Waals surface area contributed by atoms with E-state index in [1.807, 2.05) is 6.92 Å². The van der Waals surface area contributed by atoms with Gasteiger partial charge < -0.3 is 0 Å². The second-order valence-corrected chi connectivity index (χ2v) is 6.13. The highest BCUT2D eigenvalue weighted by Crippen LogP contribution is 2.23. The Kier molecular flexibility index (Phi) is 5.10. The van der Waals surface area contributed by atoms with Gasteiger partial charge in [0.1, 0.15) is 0 Å². The Hall–Kier alpha value is -0.0800. The van der Waals surface area contributed by atoms with Crippen molar-refractivity contribution < 1.29 is 21.6 Å². The average Bonchev–Trinajstić information content (AvgIpc) is 1.97. The molecule has 0 saturated heterocycles. The minimum atomic E-state index is -5.23. The van der Waals surface area contributed by atoms with E-state index in [9.17, 15) is 21.6 Å². The first-order valence-corrected chi connectivity index (χ1v) is 6.95. The van der Waals surface area contributed by atoms with Gasteiger partial charge in [0.2, 0.25) is 0 Å². The highest BCUT2D eigenvalue weighted by Gasteiger charge is 2.45. The van der Waals surface area contributed by atoms with E-state index in [0.717, 1.165) is 6.42 Å². The first-order chi connectivity index (χ1) is 6.20. The molecule has 0 aliphatic carbocycles. The Balaban J connectivity index is 4.54. The fourth-order valence-corrected chi connectivity index (χ4v) is 3.17. The normalized spacial score (nSPS) is 15.8. The number of unbranched alkanes of at least 4 members (excludes halogenated alkanes) is 1. The molecule has 86 valence electrons. The van der Waals surface area contributed by atoms with E-state index in [1.54, 1.807) is 4.13 Å². The molecule has 3 nitrogen and oxygen atoms in total. The molecule has 0 aromatic carbocycles. The van der Waals surface area contributed by atoms with Crippen molar-refractivity contribution >= 4 is 26.1 Å². The van der Waals surface area contributed by atoms with Gasteiger partial charge in [0, 0.05) is 0 Å². The lowest BCUT2D eigenvalue weighted by Crippen LogP contribution is -2.33. The Bertz CT molecular complexity index is 308. The molecule has 1 atom stereocenters. The molecule has 8 heteroatoms. The summed E-state index contributed by atoms with van der Waals surface area (Å²) in [6.07, 6.45) is 2.74. The summed E-state index contributed by atoms with van der Waals surface area (Å²) in [5.74, 6) is 0. The van der Waals surface area contributed by atoms with E-state index in [0.29, 0.717) is 6.42 Å². The zero-order valence-corrected chi connectivity index (χ0v) is 9.39. The van der Waals surface area contributed by atoms with Crippen LogP contribution in [0.25, 0.3) is 0 Å². The van der Waals surface area contributed by atoms with Crippen LogP contribution in [0.3, 0.4) is 0 Å². The predicted octanol–water partition coefficient (Wildman–Crippen LogP) is 1.84. The third-order valence-corrected chi connectivity index (χ3v) is 4.48. The molecule has 14 heavy (non-hydrogen) atoms. The summed E-state index contributed by atoms with van der Waals surface area (Å²) in [6.45, 7) is 1.85. The number of sulfonamides is 1. The topological polar surface area (TPSA) is 46.2 Å². The van der Waals surface area contributed by atoms with E-state index in [4.69, 9.17) is 0 Å². The maximum atomic E-state index is 11.9. The van der Waals surface area contributed by atoms with Crippen molar-refractivity contribution in [2.24, 2.45) is 0 Å². The molecule has 0 amide bonds. The first kappa shape index (κ1) is 13.9. The van der Waals surface area contributed by atoms with Crippen molar-refractivity contribution in [3.05, 3.63) is 0 Å². The maximum absolute atomic E-state index is 11.9. The third kappa shape index (κ3) is 4.43. The molecule has 1 N–H and O–H groups in total. The third-order valence-electron chi connectivity index (χ3n) is 1.20. The van der Waals surface area contributed by atoms with Gasteiger partial charge in [-0.05, 0) is 18.0 Å². The van der Waals surface area contributed by atoms with Crippen LogP contribution in [0.2, 0.25) is 0 Å². The van der Waals surface area contributed by atoms with Gasteiger partial charge in [-0.2, -0.15) is 17.3 Å². The zero-order chi connectivity index (χ0) is 11.4. The van der Waals surface area contributed by atoms with Crippen molar-refractivity contribution in [2.75, 3.05) is 6.26 Å². The number of hydrogen-bond acceptors (Lipinski definition) is 2. The fourth-order valence-electron chi connectivity index (χ4n) is 0.549. The van der Waals surface area contributed by atoms with Gasteiger partial charge in [-0.1, -0.05) is 13.3 Å². The van der Waals surface area contributed by atoms with Gasteiger partial charge in [-0.3, -0.25) is 0 Å². The molecule has 0 bridgehead atoms. The second kappa shape index (κ2) is 5.13. The Morgan fingerprint density at radius 1 is 1.43 bits per heavy atom. The van der Waals surface area contributed by atoms with Gasteiger partial charge >= 0.3 is 15.5 Å². The predicted molar refractivity (Wildman–Crippen MR) is 52.6 cm³/mol. The second-order valence-electron chi connectivity index (χ2n) is 2.55. The van der Waals surface area contributed by atoms with Crippen molar-refractivity contribution in [1.29, 1.82) is 0 Å². The van der Waals surface area contributed by atoms with Gasteiger partial charge in [0.25, 0.3) is 0 Å². The molecule has 0 rings (SSSR count). The molecule has 0 aliphatic rings. The SMILES string of the molecule is CCC/C=S(\C)NS(=O)(=O)C(F)(F)F. The average molecular weight is 251 g/mol. The van der Waals surface area contributed by atoms with Crippen molar-refractivity contribution in [3.8, 4) is 0 Å². The quantitative estimate of drug-likeness (QED) is 0.775. The largest absolute Gasteiger partial charge is 0.512 e. The zero-order valence-electron chi connectivity index (χ0n) is 7.76. The van der Waals surface area contributed by atoms with Crippen molar-refractivity contribution in [1.82, 2.24) is 4.13 Å². The lowest BCUT2D eigenvalue weighted by atomic mass is 10.4. The van der Waals surface area contributed by atoms with Gasteiger partial charge in [0.05, 0.1) is 0 Å². The lowest BCUT2D eigenvalue weighted by molar-refractivity contribution is -0.0440. The first-order valence-electron chi connectivity index (χ1n) is 3.77. The van der Waals surface area contributed by atoms with E-state index in [2.05, 4.69) is 0 Å². The van der Waals surface area contributed by atoms with Crippen LogP contribution in [0.5, 0.6) is 0 Å². The van der Waals surface area contributed by atoms with E-state index >= 15 is 0 Å². The summed E-state index contributed by atoms with van der Waals surface area (Å²) in [4.78, 5) is 0. The highest BCUT2D eigenvalue weighted by atomic mass is 32.3. The van der Waals surface area contributed by atoms with Crippen molar-refractivity contribution in [3.63, 3.8) is 0 Å². The molecule has 0 aromatic heterocycles. The lowest BCUT2D eigenvalue weighted by Gasteiger charge is -2.10. The van der Waals surface area contributed by atoms with Crippen molar-refractivity contribution in [2.45, 2.75) is 25.3 Å². The molecule has 0 aromatic rings. The van der Waals surface area contributed by atoms with E-state index in [1.165, 1.54) is 11.6 Å². The monoisotopic (exact) mass is 251 g/mol. The smallest absolute Gasteiger partial charge is 0.202 e. The summed E-state index contributed by atoms with van der Waals surface area (Å²) in [6, 6.07) is 0. The summed E-state index contributed by atoms with van der Waals surface area (Å²) >= 11 is 0. The number of nitrogens with one attached hydrogen (secondary N) is 1. The molecule has 0 radical (unpaired) electrons. The Morgan fingerprint density at radius 3 is 2.29 bits per heavy atom. The maximum Gasteiger partial charge on any atom is 0.512 e. The minimum absolute atomic E-state index is 0.583. The van der Waals surface area contributed by atoms with Crippen LogP contribution >= 0.6 is 10.7 Å². The molecular weight excluding hydrogens is 239 g/mol. The molecule has 0 spiro atoms. The molecule has 1 unspecified atom stereocenters. The number of rotatable bonds is 4. The van der Waals surface area contributed by atoms with Crippen LogP contribution in [0.1, 0.15) is 19.8 Å². The molecule has 0 fully saturated rings. The molecule has 0 saturated carbocycles. The molecular formula is C6H12F3NO2S2. The van der Waals surface area contributed by atoms with Crippen LogP contribution in [0.15, 0.2) is 0 Å². The Morgan fingerprint density at radius 2 is 1.93 bits per heavy atom. The molecule has 0 aliphatic heterocycles.